The summed E-state index contributed by atoms with van der Waals surface area (Å²) < 4.78 is 32.2. The van der Waals surface area contributed by atoms with E-state index in [1.54, 1.807) is 23.5 Å². The third kappa shape index (κ3) is 3.60. The standard InChI is InChI=1S/C17H18N4O4S2/c22-17(18-10-13-5-3-9-26-13)12-4-2-8-21(11-12)27(23,24)15-7-1-6-14-16(15)20-25-19-14/h1,3,5-7,9,12H,2,4,8,10-11H2,(H,18,22)/t12-/m1/s1. The number of nitrogens with one attached hydrogen (secondary N) is 1. The van der Waals surface area contributed by atoms with E-state index < -0.39 is 10.0 Å². The number of thiophene rings is 1. The molecule has 1 aromatic carbocycles. The Morgan fingerprint density at radius 2 is 2.19 bits per heavy atom. The highest BCUT2D eigenvalue weighted by Crippen LogP contribution is 2.27. The maximum absolute atomic E-state index is 13.1. The number of sulfonamides is 1. The topological polar surface area (TPSA) is 105 Å². The molecule has 1 aliphatic rings. The van der Waals surface area contributed by atoms with E-state index in [1.165, 1.54) is 10.4 Å². The Morgan fingerprint density at radius 3 is 3.00 bits per heavy atom. The van der Waals surface area contributed by atoms with Crippen LogP contribution in [-0.4, -0.2) is 42.0 Å². The predicted octanol–water partition coefficient (Wildman–Crippen LogP) is 2.00. The minimum Gasteiger partial charge on any atom is -0.351 e. The average Bonchev–Trinajstić information content (AvgIpc) is 3.37. The SMILES string of the molecule is O=C(NCc1cccs1)[C@@H]1CCCN(S(=O)(=O)c2cccc3nonc23)C1. The molecule has 1 atom stereocenters. The molecule has 0 bridgehead atoms. The van der Waals surface area contributed by atoms with Crippen LogP contribution in [0, 0.1) is 5.92 Å². The summed E-state index contributed by atoms with van der Waals surface area (Å²) in [5, 5.41) is 12.3. The van der Waals surface area contributed by atoms with E-state index in [-0.39, 0.29) is 28.8 Å². The Morgan fingerprint density at radius 1 is 1.30 bits per heavy atom. The first-order chi connectivity index (χ1) is 13.1. The van der Waals surface area contributed by atoms with Crippen molar-refractivity contribution in [1.29, 1.82) is 0 Å². The number of aromatic nitrogens is 2. The predicted molar refractivity (Wildman–Crippen MR) is 99.5 cm³/mol. The highest BCUT2D eigenvalue weighted by atomic mass is 32.2. The lowest BCUT2D eigenvalue weighted by molar-refractivity contribution is -0.126. The molecule has 4 rings (SSSR count). The molecule has 1 amide bonds. The summed E-state index contributed by atoms with van der Waals surface area (Å²) >= 11 is 1.57. The van der Waals surface area contributed by atoms with Crippen molar-refractivity contribution in [3.63, 3.8) is 0 Å². The molecule has 1 saturated heterocycles. The van der Waals surface area contributed by atoms with Gasteiger partial charge in [0.1, 0.15) is 10.4 Å². The summed E-state index contributed by atoms with van der Waals surface area (Å²) in [5.74, 6) is -0.493. The molecule has 0 spiro atoms. The first kappa shape index (κ1) is 18.1. The summed E-state index contributed by atoms with van der Waals surface area (Å²) in [5.41, 5.74) is 0.597. The lowest BCUT2D eigenvalue weighted by Gasteiger charge is -2.31. The van der Waals surface area contributed by atoms with Gasteiger partial charge in [-0.25, -0.2) is 13.0 Å². The van der Waals surface area contributed by atoms with E-state index in [0.717, 1.165) is 4.88 Å². The van der Waals surface area contributed by atoms with Crippen LogP contribution in [0.4, 0.5) is 0 Å². The fraction of sp³-hybridized carbons (Fsp3) is 0.353. The molecule has 3 aromatic rings. The minimum absolute atomic E-state index is 0.0564. The van der Waals surface area contributed by atoms with Crippen molar-refractivity contribution in [3.8, 4) is 0 Å². The van der Waals surface area contributed by atoms with Crippen LogP contribution in [0.5, 0.6) is 0 Å². The Balaban J connectivity index is 1.50. The lowest BCUT2D eigenvalue weighted by atomic mass is 9.99. The van der Waals surface area contributed by atoms with E-state index in [0.29, 0.717) is 31.4 Å². The number of hydrogen-bond acceptors (Lipinski definition) is 7. The van der Waals surface area contributed by atoms with Crippen LogP contribution in [0.1, 0.15) is 17.7 Å². The van der Waals surface area contributed by atoms with Gasteiger partial charge in [0.15, 0.2) is 5.52 Å². The Kier molecular flexibility index (Phi) is 4.94. The highest BCUT2D eigenvalue weighted by Gasteiger charge is 2.34. The number of nitrogens with zero attached hydrogens (tertiary/aromatic N) is 3. The van der Waals surface area contributed by atoms with Crippen LogP contribution in [-0.2, 0) is 21.4 Å². The number of hydrogen-bond donors (Lipinski definition) is 1. The lowest BCUT2D eigenvalue weighted by Crippen LogP contribution is -2.45. The number of carbonyl (C=O) groups is 1. The highest BCUT2D eigenvalue weighted by molar-refractivity contribution is 7.89. The second kappa shape index (κ2) is 7.37. The maximum atomic E-state index is 13.1. The molecule has 1 fully saturated rings. The summed E-state index contributed by atoms with van der Waals surface area (Å²) in [6.45, 7) is 0.989. The van der Waals surface area contributed by atoms with Gasteiger partial charge in [-0.15, -0.1) is 11.3 Å². The van der Waals surface area contributed by atoms with Gasteiger partial charge in [0.2, 0.25) is 15.9 Å². The van der Waals surface area contributed by atoms with Crippen LogP contribution in [0.25, 0.3) is 11.0 Å². The summed E-state index contributed by atoms with van der Waals surface area (Å²) in [4.78, 5) is 13.6. The number of amides is 1. The van der Waals surface area contributed by atoms with Crippen LogP contribution >= 0.6 is 11.3 Å². The van der Waals surface area contributed by atoms with E-state index in [4.69, 9.17) is 0 Å². The van der Waals surface area contributed by atoms with E-state index in [1.807, 2.05) is 17.5 Å². The van der Waals surface area contributed by atoms with Crippen LogP contribution in [0.15, 0.2) is 45.2 Å². The fourth-order valence-corrected chi connectivity index (χ4v) is 5.54. The van der Waals surface area contributed by atoms with Crippen molar-refractivity contribution >= 4 is 38.3 Å². The first-order valence-electron chi connectivity index (χ1n) is 8.57. The van der Waals surface area contributed by atoms with Gasteiger partial charge in [-0.05, 0) is 46.7 Å². The summed E-state index contributed by atoms with van der Waals surface area (Å²) in [7, 11) is -3.79. The summed E-state index contributed by atoms with van der Waals surface area (Å²) in [6, 6.07) is 8.62. The van der Waals surface area contributed by atoms with Gasteiger partial charge >= 0.3 is 0 Å². The van der Waals surface area contributed by atoms with E-state index >= 15 is 0 Å². The number of benzene rings is 1. The normalized spacial score (nSPS) is 18.6. The van der Waals surface area contributed by atoms with Crippen molar-refractivity contribution in [3.05, 3.63) is 40.6 Å². The molecular formula is C17H18N4O4S2. The smallest absolute Gasteiger partial charge is 0.245 e. The Labute approximate surface area is 160 Å². The molecule has 3 heterocycles. The molecule has 142 valence electrons. The molecule has 27 heavy (non-hydrogen) atoms. The molecule has 0 unspecified atom stereocenters. The average molecular weight is 406 g/mol. The molecule has 10 heteroatoms. The van der Waals surface area contributed by atoms with Crippen molar-refractivity contribution in [2.75, 3.05) is 13.1 Å². The fourth-order valence-electron chi connectivity index (χ4n) is 3.24. The molecule has 2 aromatic heterocycles. The van der Waals surface area contributed by atoms with Crippen molar-refractivity contribution in [1.82, 2.24) is 19.9 Å². The van der Waals surface area contributed by atoms with Gasteiger partial charge in [0.25, 0.3) is 0 Å². The molecule has 8 nitrogen and oxygen atoms in total. The largest absolute Gasteiger partial charge is 0.351 e. The van der Waals surface area contributed by atoms with Gasteiger partial charge in [0, 0.05) is 18.0 Å². The molecular weight excluding hydrogens is 388 g/mol. The van der Waals surface area contributed by atoms with E-state index in [2.05, 4.69) is 20.3 Å². The third-order valence-corrected chi connectivity index (χ3v) is 7.41. The van der Waals surface area contributed by atoms with Crippen LogP contribution in [0.2, 0.25) is 0 Å². The Hall–Kier alpha value is -2.30. The van der Waals surface area contributed by atoms with Gasteiger partial charge in [0.05, 0.1) is 12.5 Å². The number of carbonyl (C=O) groups excluding carboxylic acids is 1. The van der Waals surface area contributed by atoms with Crippen LogP contribution in [0.3, 0.4) is 0 Å². The minimum atomic E-state index is -3.79. The Bertz CT molecular complexity index is 1050. The zero-order valence-electron chi connectivity index (χ0n) is 14.4. The van der Waals surface area contributed by atoms with Gasteiger partial charge in [-0.3, -0.25) is 4.79 Å². The maximum Gasteiger partial charge on any atom is 0.245 e. The monoisotopic (exact) mass is 406 g/mol. The zero-order valence-corrected chi connectivity index (χ0v) is 16.0. The molecule has 0 aliphatic carbocycles. The second-order valence-electron chi connectivity index (χ2n) is 6.39. The van der Waals surface area contributed by atoms with Gasteiger partial charge in [-0.2, -0.15) is 4.31 Å². The molecule has 0 saturated carbocycles. The zero-order chi connectivity index (χ0) is 18.9. The molecule has 0 radical (unpaired) electrons. The molecule has 1 N–H and O–H groups in total. The van der Waals surface area contributed by atoms with Gasteiger partial charge in [-0.1, -0.05) is 12.1 Å². The van der Waals surface area contributed by atoms with E-state index in [9.17, 15) is 13.2 Å². The number of rotatable bonds is 5. The number of piperidine rings is 1. The number of fused-ring (bicyclic) bond motifs is 1. The van der Waals surface area contributed by atoms with Crippen LogP contribution < -0.4 is 5.32 Å². The molecule has 1 aliphatic heterocycles. The third-order valence-electron chi connectivity index (χ3n) is 4.64. The quantitative estimate of drug-likeness (QED) is 0.695. The van der Waals surface area contributed by atoms with Crippen molar-refractivity contribution in [2.24, 2.45) is 5.92 Å². The van der Waals surface area contributed by atoms with Gasteiger partial charge < -0.3 is 5.32 Å². The van der Waals surface area contributed by atoms with Crippen molar-refractivity contribution < 1.29 is 17.8 Å². The first-order valence-corrected chi connectivity index (χ1v) is 10.9. The summed E-state index contributed by atoms with van der Waals surface area (Å²) in [6.07, 6.45) is 1.29. The second-order valence-corrected chi connectivity index (χ2v) is 9.33. The van der Waals surface area contributed by atoms with Crippen molar-refractivity contribution in [2.45, 2.75) is 24.3 Å².